The lowest BCUT2D eigenvalue weighted by Crippen LogP contribution is -2.06. The Balaban J connectivity index is 1.81. The molecular weight excluding hydrogens is 404 g/mol. The Labute approximate surface area is 190 Å². The lowest BCUT2D eigenvalue weighted by atomic mass is 10.1. The molecular formula is C27H32O5. The molecule has 0 heterocycles. The molecule has 32 heavy (non-hydrogen) atoms. The van der Waals surface area contributed by atoms with Crippen molar-refractivity contribution in [2.45, 2.75) is 52.7 Å². The van der Waals surface area contributed by atoms with E-state index >= 15 is 0 Å². The highest BCUT2D eigenvalue weighted by atomic mass is 16.5. The molecule has 170 valence electrons. The molecule has 0 spiro atoms. The zero-order chi connectivity index (χ0) is 23.3. The highest BCUT2D eigenvalue weighted by molar-refractivity contribution is 6.15. The quantitative estimate of drug-likeness (QED) is 0.468. The average Bonchev–Trinajstić information content (AvgIpc) is 3.08. The molecule has 5 heteroatoms. The van der Waals surface area contributed by atoms with Crippen LogP contribution in [-0.4, -0.2) is 32.2 Å². The minimum atomic E-state index is 0.0573. The van der Waals surface area contributed by atoms with Crippen LogP contribution in [0.5, 0.6) is 23.0 Å². The molecule has 0 unspecified atom stereocenters. The molecule has 0 aliphatic heterocycles. The van der Waals surface area contributed by atoms with Crippen LogP contribution >= 0.6 is 0 Å². The first-order valence-electron chi connectivity index (χ1n) is 11.0. The molecule has 0 atom stereocenters. The molecule has 0 N–H and O–H groups in total. The smallest absolute Gasteiger partial charge is 0.185 e. The SMILES string of the molecule is COc1cc(C=C2CCC(=Cc3ccc(OC(C)C)c(OC)c3)C2=O)ccc1OC(C)C. The van der Waals surface area contributed by atoms with Crippen molar-refractivity contribution in [3.05, 3.63) is 58.7 Å². The third-order valence-electron chi connectivity index (χ3n) is 5.03. The van der Waals surface area contributed by atoms with Crippen LogP contribution in [0.2, 0.25) is 0 Å². The van der Waals surface area contributed by atoms with Crippen molar-refractivity contribution < 1.29 is 23.7 Å². The van der Waals surface area contributed by atoms with E-state index in [-0.39, 0.29) is 18.0 Å². The van der Waals surface area contributed by atoms with Gasteiger partial charge in [-0.2, -0.15) is 0 Å². The molecule has 0 radical (unpaired) electrons. The van der Waals surface area contributed by atoms with Gasteiger partial charge in [-0.3, -0.25) is 4.79 Å². The van der Waals surface area contributed by atoms with Crippen molar-refractivity contribution in [3.63, 3.8) is 0 Å². The number of carbonyl (C=O) groups is 1. The van der Waals surface area contributed by atoms with Gasteiger partial charge in [0, 0.05) is 11.1 Å². The number of Topliss-reactive ketones (excluding diaryl/α,β-unsaturated/α-hetero) is 1. The number of methoxy groups -OCH3 is 2. The Morgan fingerprint density at radius 2 is 1.09 bits per heavy atom. The van der Waals surface area contributed by atoms with E-state index in [0.717, 1.165) is 22.3 Å². The van der Waals surface area contributed by atoms with Crippen LogP contribution < -0.4 is 18.9 Å². The summed E-state index contributed by atoms with van der Waals surface area (Å²) in [5.41, 5.74) is 3.42. The van der Waals surface area contributed by atoms with Gasteiger partial charge in [0.15, 0.2) is 28.8 Å². The van der Waals surface area contributed by atoms with E-state index in [1.54, 1.807) is 14.2 Å². The zero-order valence-electron chi connectivity index (χ0n) is 19.7. The van der Waals surface area contributed by atoms with Gasteiger partial charge >= 0.3 is 0 Å². The normalized spacial score (nSPS) is 16.3. The van der Waals surface area contributed by atoms with E-state index < -0.39 is 0 Å². The predicted octanol–water partition coefficient (Wildman–Crippen LogP) is 6.11. The van der Waals surface area contributed by atoms with Crippen LogP contribution in [0.25, 0.3) is 12.2 Å². The summed E-state index contributed by atoms with van der Waals surface area (Å²) < 4.78 is 22.5. The van der Waals surface area contributed by atoms with Crippen molar-refractivity contribution in [1.82, 2.24) is 0 Å². The number of ether oxygens (including phenoxy) is 4. The molecule has 5 nitrogen and oxygen atoms in total. The van der Waals surface area contributed by atoms with E-state index in [2.05, 4.69) is 0 Å². The lowest BCUT2D eigenvalue weighted by Gasteiger charge is -2.14. The van der Waals surface area contributed by atoms with Crippen LogP contribution in [0, 0.1) is 0 Å². The van der Waals surface area contributed by atoms with Gasteiger partial charge in [-0.15, -0.1) is 0 Å². The van der Waals surface area contributed by atoms with E-state index in [1.807, 2.05) is 76.2 Å². The fraction of sp³-hybridized carbons (Fsp3) is 0.370. The molecule has 0 bridgehead atoms. The van der Waals surface area contributed by atoms with E-state index in [0.29, 0.717) is 35.8 Å². The number of benzene rings is 2. The molecule has 3 rings (SSSR count). The lowest BCUT2D eigenvalue weighted by molar-refractivity contribution is -0.111. The van der Waals surface area contributed by atoms with E-state index in [4.69, 9.17) is 18.9 Å². The molecule has 1 aliphatic rings. The second-order valence-corrected chi connectivity index (χ2v) is 8.32. The molecule has 2 aromatic carbocycles. The van der Waals surface area contributed by atoms with Crippen LogP contribution in [-0.2, 0) is 4.79 Å². The molecule has 0 amide bonds. The minimum absolute atomic E-state index is 0.0573. The minimum Gasteiger partial charge on any atom is -0.493 e. The zero-order valence-corrected chi connectivity index (χ0v) is 19.7. The number of ketones is 1. The Hall–Kier alpha value is -3.21. The van der Waals surface area contributed by atoms with Gasteiger partial charge in [0.2, 0.25) is 0 Å². The molecule has 1 fully saturated rings. The highest BCUT2D eigenvalue weighted by Gasteiger charge is 2.23. The number of hydrogen-bond acceptors (Lipinski definition) is 5. The fourth-order valence-electron chi connectivity index (χ4n) is 3.63. The van der Waals surface area contributed by atoms with Gasteiger partial charge in [0.05, 0.1) is 26.4 Å². The Morgan fingerprint density at radius 3 is 1.44 bits per heavy atom. The van der Waals surface area contributed by atoms with Crippen molar-refractivity contribution >= 4 is 17.9 Å². The third kappa shape index (κ3) is 5.72. The Morgan fingerprint density at radius 1 is 0.688 bits per heavy atom. The van der Waals surface area contributed by atoms with Crippen molar-refractivity contribution in [3.8, 4) is 23.0 Å². The van der Waals surface area contributed by atoms with Gasteiger partial charge in [0.25, 0.3) is 0 Å². The van der Waals surface area contributed by atoms with Crippen molar-refractivity contribution in [2.24, 2.45) is 0 Å². The number of allylic oxidation sites excluding steroid dienone is 2. The first-order valence-corrected chi connectivity index (χ1v) is 11.0. The highest BCUT2D eigenvalue weighted by Crippen LogP contribution is 2.34. The van der Waals surface area contributed by atoms with Gasteiger partial charge in [-0.1, -0.05) is 12.1 Å². The third-order valence-corrected chi connectivity index (χ3v) is 5.03. The maximum absolute atomic E-state index is 13.0. The van der Waals surface area contributed by atoms with Gasteiger partial charge in [-0.25, -0.2) is 0 Å². The van der Waals surface area contributed by atoms with Gasteiger partial charge in [-0.05, 0) is 88.1 Å². The summed E-state index contributed by atoms with van der Waals surface area (Å²) in [4.78, 5) is 13.0. The van der Waals surface area contributed by atoms with Gasteiger partial charge < -0.3 is 18.9 Å². The summed E-state index contributed by atoms with van der Waals surface area (Å²) in [5, 5.41) is 0. The molecule has 2 aromatic rings. The summed E-state index contributed by atoms with van der Waals surface area (Å²) in [5.74, 6) is 2.78. The predicted molar refractivity (Wildman–Crippen MR) is 128 cm³/mol. The summed E-state index contributed by atoms with van der Waals surface area (Å²) in [7, 11) is 3.24. The number of rotatable bonds is 8. The number of hydrogen-bond donors (Lipinski definition) is 0. The van der Waals surface area contributed by atoms with Crippen LogP contribution in [0.1, 0.15) is 51.7 Å². The summed E-state index contributed by atoms with van der Waals surface area (Å²) in [6.45, 7) is 7.89. The molecule has 0 aromatic heterocycles. The maximum Gasteiger partial charge on any atom is 0.185 e. The second kappa shape index (κ2) is 10.4. The topological polar surface area (TPSA) is 54.0 Å². The second-order valence-electron chi connectivity index (χ2n) is 8.32. The maximum atomic E-state index is 13.0. The van der Waals surface area contributed by atoms with E-state index in [9.17, 15) is 4.79 Å². The average molecular weight is 437 g/mol. The fourth-order valence-corrected chi connectivity index (χ4v) is 3.63. The number of carbonyl (C=O) groups excluding carboxylic acids is 1. The van der Waals surface area contributed by atoms with E-state index in [1.165, 1.54) is 0 Å². The summed E-state index contributed by atoms with van der Waals surface area (Å²) in [6, 6.07) is 11.5. The van der Waals surface area contributed by atoms with Crippen LogP contribution in [0.4, 0.5) is 0 Å². The summed E-state index contributed by atoms with van der Waals surface area (Å²) in [6.07, 6.45) is 5.41. The van der Waals surface area contributed by atoms with Crippen molar-refractivity contribution in [1.29, 1.82) is 0 Å². The summed E-state index contributed by atoms with van der Waals surface area (Å²) >= 11 is 0. The van der Waals surface area contributed by atoms with Crippen molar-refractivity contribution in [2.75, 3.05) is 14.2 Å². The standard InChI is InChI=1S/C27H32O5/c1-17(2)31-23-11-7-19(15-25(23)29-5)13-21-9-10-22(27(21)28)14-20-8-12-24(32-18(3)4)26(16-20)30-6/h7-8,11-18H,9-10H2,1-6H3. The molecule has 0 saturated heterocycles. The molecule has 1 aliphatic carbocycles. The largest absolute Gasteiger partial charge is 0.493 e. The van der Waals surface area contributed by atoms with Crippen LogP contribution in [0.15, 0.2) is 47.5 Å². The monoisotopic (exact) mass is 436 g/mol. The Kier molecular flexibility index (Phi) is 7.62. The molecule has 1 saturated carbocycles. The van der Waals surface area contributed by atoms with Gasteiger partial charge in [0.1, 0.15) is 0 Å². The first-order chi connectivity index (χ1) is 15.3. The first kappa shape index (κ1) is 23.5. The Bertz CT molecular complexity index is 949. The van der Waals surface area contributed by atoms with Crippen LogP contribution in [0.3, 0.4) is 0 Å².